The fraction of sp³-hybridized carbons (Fsp3) is 0.647. The Morgan fingerprint density at radius 2 is 1.95 bits per heavy atom. The average Bonchev–Trinajstić information content (AvgIpc) is 2.45. The maximum Gasteiger partial charge on any atom is 0.0462 e. The summed E-state index contributed by atoms with van der Waals surface area (Å²) in [4.78, 5) is 0. The molecule has 1 aromatic carbocycles. The fourth-order valence-electron chi connectivity index (χ4n) is 3.36. The molecule has 0 bridgehead atoms. The van der Waals surface area contributed by atoms with Gasteiger partial charge < -0.3 is 0 Å². The van der Waals surface area contributed by atoms with Gasteiger partial charge in [0, 0.05) is 6.04 Å². The van der Waals surface area contributed by atoms with E-state index in [2.05, 4.69) is 37.5 Å². The molecule has 2 rings (SSSR count). The molecule has 2 nitrogen and oxygen atoms in total. The monoisotopic (exact) mass is 260 g/mol. The second-order valence-electron chi connectivity index (χ2n) is 6.09. The standard InChI is InChI=1S/C17H28N2/c1-13-7-6-10-16(14(13)2)17(19-18)12-11-15-8-4-3-5-9-15/h6-7,10,15,17,19H,3-5,8-9,11-12,18H2,1-2H3. The van der Waals surface area contributed by atoms with Crippen LogP contribution in [0, 0.1) is 19.8 Å². The minimum atomic E-state index is 0.307. The summed E-state index contributed by atoms with van der Waals surface area (Å²) in [7, 11) is 0. The van der Waals surface area contributed by atoms with Gasteiger partial charge in [-0.3, -0.25) is 11.3 Å². The lowest BCUT2D eigenvalue weighted by atomic mass is 9.84. The Morgan fingerprint density at radius 1 is 1.21 bits per heavy atom. The summed E-state index contributed by atoms with van der Waals surface area (Å²) in [6.07, 6.45) is 9.59. The molecular formula is C17H28N2. The predicted molar refractivity (Wildman–Crippen MR) is 81.8 cm³/mol. The van der Waals surface area contributed by atoms with E-state index in [4.69, 9.17) is 5.84 Å². The summed E-state index contributed by atoms with van der Waals surface area (Å²) < 4.78 is 0. The van der Waals surface area contributed by atoms with Gasteiger partial charge in [-0.25, -0.2) is 0 Å². The second kappa shape index (κ2) is 7.06. The first-order valence-corrected chi connectivity index (χ1v) is 7.74. The Hall–Kier alpha value is -0.860. The van der Waals surface area contributed by atoms with E-state index >= 15 is 0 Å². The number of hydrogen-bond donors (Lipinski definition) is 2. The second-order valence-corrected chi connectivity index (χ2v) is 6.09. The molecular weight excluding hydrogens is 232 g/mol. The lowest BCUT2D eigenvalue weighted by Crippen LogP contribution is -2.29. The highest BCUT2D eigenvalue weighted by molar-refractivity contribution is 5.35. The van der Waals surface area contributed by atoms with E-state index in [1.165, 1.54) is 55.2 Å². The van der Waals surface area contributed by atoms with Gasteiger partial charge in [0.1, 0.15) is 0 Å². The number of nitrogens with two attached hydrogens (primary N) is 1. The first-order valence-electron chi connectivity index (χ1n) is 7.74. The first kappa shape index (κ1) is 14.5. The molecule has 0 amide bonds. The lowest BCUT2D eigenvalue weighted by molar-refractivity contribution is 0.314. The molecule has 1 aliphatic rings. The van der Waals surface area contributed by atoms with Crippen LogP contribution in [0.5, 0.6) is 0 Å². The average molecular weight is 260 g/mol. The van der Waals surface area contributed by atoms with Crippen LogP contribution in [0.1, 0.15) is 67.7 Å². The van der Waals surface area contributed by atoms with E-state index < -0.39 is 0 Å². The van der Waals surface area contributed by atoms with Gasteiger partial charge in [-0.05, 0) is 49.3 Å². The minimum absolute atomic E-state index is 0.307. The van der Waals surface area contributed by atoms with E-state index in [9.17, 15) is 0 Å². The molecule has 19 heavy (non-hydrogen) atoms. The SMILES string of the molecule is Cc1cccc(C(CCC2CCCCC2)NN)c1C. The quantitative estimate of drug-likeness (QED) is 0.616. The minimum Gasteiger partial charge on any atom is -0.271 e. The van der Waals surface area contributed by atoms with Crippen LogP contribution in [-0.4, -0.2) is 0 Å². The van der Waals surface area contributed by atoms with E-state index in [1.54, 1.807) is 0 Å². The van der Waals surface area contributed by atoms with Gasteiger partial charge in [0.2, 0.25) is 0 Å². The maximum absolute atomic E-state index is 5.79. The Labute approximate surface area is 117 Å². The van der Waals surface area contributed by atoms with E-state index in [-0.39, 0.29) is 0 Å². The van der Waals surface area contributed by atoms with Gasteiger partial charge in [0.25, 0.3) is 0 Å². The molecule has 1 atom stereocenters. The molecule has 1 aliphatic carbocycles. The van der Waals surface area contributed by atoms with Crippen molar-refractivity contribution in [1.82, 2.24) is 5.43 Å². The van der Waals surface area contributed by atoms with E-state index in [1.807, 2.05) is 0 Å². The molecule has 106 valence electrons. The number of benzene rings is 1. The zero-order valence-corrected chi connectivity index (χ0v) is 12.4. The van der Waals surface area contributed by atoms with Crippen molar-refractivity contribution in [2.75, 3.05) is 0 Å². The Balaban J connectivity index is 1.97. The molecule has 1 saturated carbocycles. The smallest absolute Gasteiger partial charge is 0.0462 e. The fourth-order valence-corrected chi connectivity index (χ4v) is 3.36. The van der Waals surface area contributed by atoms with Gasteiger partial charge >= 0.3 is 0 Å². The summed E-state index contributed by atoms with van der Waals surface area (Å²) in [5, 5.41) is 0. The summed E-state index contributed by atoms with van der Waals surface area (Å²) in [5.41, 5.74) is 7.14. The highest BCUT2D eigenvalue weighted by atomic mass is 15.2. The largest absolute Gasteiger partial charge is 0.271 e. The highest BCUT2D eigenvalue weighted by Crippen LogP contribution is 2.31. The molecule has 1 unspecified atom stereocenters. The maximum atomic E-state index is 5.79. The predicted octanol–water partition coefficient (Wildman–Crippen LogP) is 4.17. The topological polar surface area (TPSA) is 38.0 Å². The van der Waals surface area contributed by atoms with Crippen LogP contribution in [0.3, 0.4) is 0 Å². The summed E-state index contributed by atoms with van der Waals surface area (Å²) in [6, 6.07) is 6.84. The molecule has 1 aromatic rings. The van der Waals surface area contributed by atoms with Crippen molar-refractivity contribution in [3.63, 3.8) is 0 Å². The van der Waals surface area contributed by atoms with Crippen LogP contribution >= 0.6 is 0 Å². The van der Waals surface area contributed by atoms with Crippen LogP contribution in [0.15, 0.2) is 18.2 Å². The molecule has 0 heterocycles. The normalized spacial score (nSPS) is 18.5. The number of nitrogens with one attached hydrogen (secondary N) is 1. The van der Waals surface area contributed by atoms with Crippen LogP contribution in [-0.2, 0) is 0 Å². The van der Waals surface area contributed by atoms with Gasteiger partial charge in [-0.15, -0.1) is 0 Å². The zero-order chi connectivity index (χ0) is 13.7. The summed E-state index contributed by atoms with van der Waals surface area (Å²) in [5.74, 6) is 6.72. The third-order valence-electron chi connectivity index (χ3n) is 4.81. The molecule has 3 N–H and O–H groups in total. The Bertz CT molecular complexity index is 394. The van der Waals surface area contributed by atoms with Crippen molar-refractivity contribution >= 4 is 0 Å². The van der Waals surface area contributed by atoms with Crippen LogP contribution in [0.25, 0.3) is 0 Å². The summed E-state index contributed by atoms with van der Waals surface area (Å²) in [6.45, 7) is 4.38. The molecule has 1 fully saturated rings. The molecule has 0 aromatic heterocycles. The zero-order valence-electron chi connectivity index (χ0n) is 12.4. The van der Waals surface area contributed by atoms with Crippen LogP contribution < -0.4 is 11.3 Å². The molecule has 0 aliphatic heterocycles. The van der Waals surface area contributed by atoms with Crippen molar-refractivity contribution in [2.24, 2.45) is 11.8 Å². The molecule has 0 radical (unpaired) electrons. The van der Waals surface area contributed by atoms with Crippen molar-refractivity contribution in [2.45, 2.75) is 64.8 Å². The molecule has 2 heteroatoms. The number of hydrogen-bond acceptors (Lipinski definition) is 2. The number of aryl methyl sites for hydroxylation is 1. The van der Waals surface area contributed by atoms with Crippen molar-refractivity contribution < 1.29 is 0 Å². The molecule has 0 saturated heterocycles. The van der Waals surface area contributed by atoms with Gasteiger partial charge in [-0.1, -0.05) is 50.3 Å². The Kier molecular flexibility index (Phi) is 5.41. The lowest BCUT2D eigenvalue weighted by Gasteiger charge is -2.25. The number of rotatable bonds is 5. The van der Waals surface area contributed by atoms with Gasteiger partial charge in [0.05, 0.1) is 0 Å². The third kappa shape index (κ3) is 3.80. The van der Waals surface area contributed by atoms with E-state index in [0.717, 1.165) is 12.3 Å². The van der Waals surface area contributed by atoms with Gasteiger partial charge in [-0.2, -0.15) is 0 Å². The highest BCUT2D eigenvalue weighted by Gasteiger charge is 2.18. The van der Waals surface area contributed by atoms with Crippen molar-refractivity contribution in [3.8, 4) is 0 Å². The first-order chi connectivity index (χ1) is 9.22. The van der Waals surface area contributed by atoms with Crippen LogP contribution in [0.2, 0.25) is 0 Å². The van der Waals surface area contributed by atoms with E-state index in [0.29, 0.717) is 6.04 Å². The third-order valence-corrected chi connectivity index (χ3v) is 4.81. The van der Waals surface area contributed by atoms with Crippen LogP contribution in [0.4, 0.5) is 0 Å². The molecule has 0 spiro atoms. The van der Waals surface area contributed by atoms with Gasteiger partial charge in [0.15, 0.2) is 0 Å². The van der Waals surface area contributed by atoms with Crippen molar-refractivity contribution in [1.29, 1.82) is 0 Å². The summed E-state index contributed by atoms with van der Waals surface area (Å²) >= 11 is 0. The van der Waals surface area contributed by atoms with Crippen molar-refractivity contribution in [3.05, 3.63) is 34.9 Å². The number of hydrazine groups is 1. The Morgan fingerprint density at radius 3 is 2.63 bits per heavy atom.